The summed E-state index contributed by atoms with van der Waals surface area (Å²) in [6.45, 7) is 1.62. The first-order valence-corrected chi connectivity index (χ1v) is 9.31. The highest BCUT2D eigenvalue weighted by molar-refractivity contribution is 7.92. The molecular formula is C16H17ClN2O4S. The Balaban J connectivity index is 1.96. The lowest BCUT2D eigenvalue weighted by atomic mass is 10.2. The molecule has 2 aromatic rings. The summed E-state index contributed by atoms with van der Waals surface area (Å²) >= 11 is 5.87. The smallest absolute Gasteiger partial charge is 0.265 e. The average molecular weight is 369 g/mol. The maximum atomic E-state index is 12.1. The van der Waals surface area contributed by atoms with Crippen LogP contribution in [0.3, 0.4) is 0 Å². The number of carbonyl (C=O) groups excluding carboxylic acids is 1. The van der Waals surface area contributed by atoms with Gasteiger partial charge in [-0.2, -0.15) is 0 Å². The molecule has 2 N–H and O–H groups in total. The van der Waals surface area contributed by atoms with E-state index in [1.165, 1.54) is 0 Å². The Morgan fingerprint density at radius 2 is 1.75 bits per heavy atom. The largest absolute Gasteiger partial charge is 0.481 e. The van der Waals surface area contributed by atoms with Crippen LogP contribution in [-0.2, 0) is 14.8 Å². The van der Waals surface area contributed by atoms with Crippen LogP contribution in [0.1, 0.15) is 6.92 Å². The monoisotopic (exact) mass is 368 g/mol. The molecule has 0 spiro atoms. The van der Waals surface area contributed by atoms with Gasteiger partial charge in [-0.1, -0.05) is 17.7 Å². The second kappa shape index (κ2) is 7.55. The zero-order chi connectivity index (χ0) is 17.7. The topological polar surface area (TPSA) is 84.5 Å². The molecule has 0 saturated heterocycles. The first-order valence-electron chi connectivity index (χ1n) is 7.04. The number of anilines is 2. The summed E-state index contributed by atoms with van der Waals surface area (Å²) in [6, 6.07) is 13.1. The summed E-state index contributed by atoms with van der Waals surface area (Å²) in [5, 5.41) is 3.21. The lowest BCUT2D eigenvalue weighted by Crippen LogP contribution is -2.30. The number of halogens is 1. The van der Waals surface area contributed by atoms with Crippen molar-refractivity contribution in [2.45, 2.75) is 13.0 Å². The number of amides is 1. The van der Waals surface area contributed by atoms with Crippen molar-refractivity contribution in [1.82, 2.24) is 0 Å². The van der Waals surface area contributed by atoms with Crippen molar-refractivity contribution in [3.8, 4) is 5.75 Å². The molecule has 0 saturated carbocycles. The third-order valence-electron chi connectivity index (χ3n) is 2.93. The average Bonchev–Trinajstić information content (AvgIpc) is 2.47. The molecule has 24 heavy (non-hydrogen) atoms. The number of benzene rings is 2. The molecule has 8 heteroatoms. The highest BCUT2D eigenvalue weighted by atomic mass is 35.5. The lowest BCUT2D eigenvalue weighted by molar-refractivity contribution is -0.122. The minimum Gasteiger partial charge on any atom is -0.481 e. The van der Waals surface area contributed by atoms with Crippen molar-refractivity contribution in [1.29, 1.82) is 0 Å². The van der Waals surface area contributed by atoms with E-state index in [0.29, 0.717) is 22.1 Å². The normalized spacial score (nSPS) is 12.3. The molecule has 128 valence electrons. The zero-order valence-corrected chi connectivity index (χ0v) is 14.7. The van der Waals surface area contributed by atoms with Gasteiger partial charge in [-0.25, -0.2) is 8.42 Å². The van der Waals surface area contributed by atoms with Gasteiger partial charge in [-0.05, 0) is 49.4 Å². The van der Waals surface area contributed by atoms with E-state index in [1.54, 1.807) is 55.5 Å². The Bertz CT molecular complexity index is 822. The molecule has 0 unspecified atom stereocenters. The maximum Gasteiger partial charge on any atom is 0.265 e. The van der Waals surface area contributed by atoms with Gasteiger partial charge in [0.05, 0.1) is 6.26 Å². The van der Waals surface area contributed by atoms with Crippen molar-refractivity contribution < 1.29 is 17.9 Å². The van der Waals surface area contributed by atoms with Gasteiger partial charge in [0.2, 0.25) is 10.0 Å². The minimum atomic E-state index is -3.33. The number of sulfonamides is 1. The standard InChI is InChI=1S/C16H17ClN2O4S/c1-11(23-15-5-3-4-12(17)10-15)16(20)18-13-6-8-14(9-7-13)19-24(2,21)22/h3-11,19H,1-2H3,(H,18,20)/t11-/m0/s1. The summed E-state index contributed by atoms with van der Waals surface area (Å²) in [4.78, 5) is 12.1. The fourth-order valence-corrected chi connectivity index (χ4v) is 2.62. The quantitative estimate of drug-likeness (QED) is 0.820. The van der Waals surface area contributed by atoms with E-state index in [9.17, 15) is 13.2 Å². The molecule has 2 rings (SSSR count). The van der Waals surface area contributed by atoms with E-state index >= 15 is 0 Å². The van der Waals surface area contributed by atoms with Crippen LogP contribution < -0.4 is 14.8 Å². The van der Waals surface area contributed by atoms with E-state index in [-0.39, 0.29) is 5.91 Å². The van der Waals surface area contributed by atoms with Gasteiger partial charge < -0.3 is 10.1 Å². The van der Waals surface area contributed by atoms with Crippen molar-refractivity contribution in [3.63, 3.8) is 0 Å². The Morgan fingerprint density at radius 3 is 2.33 bits per heavy atom. The summed E-state index contributed by atoms with van der Waals surface area (Å²) in [5.74, 6) is 0.164. The Kier molecular flexibility index (Phi) is 5.69. The van der Waals surface area contributed by atoms with E-state index in [2.05, 4.69) is 10.0 Å². The molecule has 6 nitrogen and oxygen atoms in total. The van der Waals surface area contributed by atoms with Crippen molar-refractivity contribution in [2.24, 2.45) is 0 Å². The Hall–Kier alpha value is -2.25. The van der Waals surface area contributed by atoms with Crippen LogP contribution >= 0.6 is 11.6 Å². The molecule has 0 aromatic heterocycles. The van der Waals surface area contributed by atoms with Crippen LogP contribution in [0.2, 0.25) is 5.02 Å². The highest BCUT2D eigenvalue weighted by Crippen LogP contribution is 2.19. The molecule has 0 aliphatic rings. The number of ether oxygens (including phenoxy) is 1. The van der Waals surface area contributed by atoms with Gasteiger partial charge in [0.25, 0.3) is 5.91 Å². The number of hydrogen-bond donors (Lipinski definition) is 2. The molecule has 0 aliphatic carbocycles. The molecule has 0 fully saturated rings. The zero-order valence-electron chi connectivity index (χ0n) is 13.1. The molecule has 1 atom stereocenters. The van der Waals surface area contributed by atoms with E-state index in [4.69, 9.17) is 16.3 Å². The second-order valence-corrected chi connectivity index (χ2v) is 7.34. The SMILES string of the molecule is C[C@H](Oc1cccc(Cl)c1)C(=O)Nc1ccc(NS(C)(=O)=O)cc1. The molecule has 1 amide bonds. The van der Waals surface area contributed by atoms with Crippen molar-refractivity contribution in [3.05, 3.63) is 53.6 Å². The van der Waals surface area contributed by atoms with Crippen LogP contribution in [0, 0.1) is 0 Å². The summed E-state index contributed by atoms with van der Waals surface area (Å²) < 4.78 is 30.2. The van der Waals surface area contributed by atoms with E-state index in [1.807, 2.05) is 0 Å². The maximum absolute atomic E-state index is 12.1. The predicted molar refractivity (Wildman–Crippen MR) is 95.1 cm³/mol. The van der Waals surface area contributed by atoms with Gasteiger partial charge in [-0.15, -0.1) is 0 Å². The van der Waals surface area contributed by atoms with Crippen LogP contribution in [-0.4, -0.2) is 26.7 Å². The third kappa shape index (κ3) is 5.75. The second-order valence-electron chi connectivity index (χ2n) is 5.16. The summed E-state index contributed by atoms with van der Waals surface area (Å²) in [7, 11) is -3.33. The highest BCUT2D eigenvalue weighted by Gasteiger charge is 2.15. The first-order chi connectivity index (χ1) is 11.2. The van der Waals surface area contributed by atoms with Gasteiger partial charge in [0, 0.05) is 16.4 Å². The van der Waals surface area contributed by atoms with Crippen LogP contribution in [0.25, 0.3) is 0 Å². The summed E-state index contributed by atoms with van der Waals surface area (Å²) in [5.41, 5.74) is 0.944. The fourth-order valence-electron chi connectivity index (χ4n) is 1.88. The number of carbonyl (C=O) groups is 1. The summed E-state index contributed by atoms with van der Waals surface area (Å²) in [6.07, 6.45) is 0.342. The van der Waals surface area contributed by atoms with Crippen molar-refractivity contribution >= 4 is 38.9 Å². The number of nitrogens with one attached hydrogen (secondary N) is 2. The molecule has 2 aromatic carbocycles. The first kappa shape index (κ1) is 18.1. The number of hydrogen-bond acceptors (Lipinski definition) is 4. The molecule has 0 heterocycles. The predicted octanol–water partition coefficient (Wildman–Crippen LogP) is 3.12. The van der Waals surface area contributed by atoms with Crippen molar-refractivity contribution in [2.75, 3.05) is 16.3 Å². The molecule has 0 bridgehead atoms. The number of rotatable bonds is 6. The van der Waals surface area contributed by atoms with Crippen LogP contribution in [0.15, 0.2) is 48.5 Å². The van der Waals surface area contributed by atoms with Gasteiger partial charge in [0.15, 0.2) is 6.10 Å². The third-order valence-corrected chi connectivity index (χ3v) is 3.78. The van der Waals surface area contributed by atoms with E-state index in [0.717, 1.165) is 6.26 Å². The van der Waals surface area contributed by atoms with Crippen LogP contribution in [0.4, 0.5) is 11.4 Å². The van der Waals surface area contributed by atoms with Crippen LogP contribution in [0.5, 0.6) is 5.75 Å². The lowest BCUT2D eigenvalue weighted by Gasteiger charge is -2.15. The molecule has 0 aliphatic heterocycles. The van der Waals surface area contributed by atoms with Gasteiger partial charge >= 0.3 is 0 Å². The van der Waals surface area contributed by atoms with Gasteiger partial charge in [-0.3, -0.25) is 9.52 Å². The molecular weight excluding hydrogens is 352 g/mol. The Labute approximate surface area is 145 Å². The fraction of sp³-hybridized carbons (Fsp3) is 0.188. The van der Waals surface area contributed by atoms with E-state index < -0.39 is 16.1 Å². The van der Waals surface area contributed by atoms with Gasteiger partial charge in [0.1, 0.15) is 5.75 Å². The minimum absolute atomic E-state index is 0.334. The Morgan fingerprint density at radius 1 is 1.12 bits per heavy atom. The molecule has 0 radical (unpaired) electrons.